The van der Waals surface area contributed by atoms with Gasteiger partial charge < -0.3 is 10.6 Å². The zero-order valence-corrected chi connectivity index (χ0v) is 9.59. The molecule has 1 amide bonds. The molecule has 0 bridgehead atoms. The first-order chi connectivity index (χ1) is 7.70. The number of carbonyl (C=O) groups is 1. The number of nitrogen functional groups attached to an aromatic ring is 1. The largest absolute Gasteiger partial charge is 0.396 e. The van der Waals surface area contributed by atoms with Gasteiger partial charge in [-0.1, -0.05) is 6.92 Å². The van der Waals surface area contributed by atoms with Gasteiger partial charge in [-0.05, 0) is 19.3 Å². The second-order valence-electron chi connectivity index (χ2n) is 4.26. The van der Waals surface area contributed by atoms with E-state index in [9.17, 15) is 4.79 Å². The van der Waals surface area contributed by atoms with Crippen molar-refractivity contribution < 1.29 is 4.79 Å². The smallest absolute Gasteiger partial charge is 0.244 e. The fourth-order valence-electron chi connectivity index (χ4n) is 2.28. The number of amides is 1. The average Bonchev–Trinajstić information content (AvgIpc) is 2.86. The first kappa shape index (κ1) is 11.0. The van der Waals surface area contributed by atoms with Gasteiger partial charge in [0.05, 0.1) is 11.9 Å². The molecule has 0 aliphatic carbocycles. The molecule has 1 unspecified atom stereocenters. The van der Waals surface area contributed by atoms with Crippen LogP contribution in [-0.4, -0.2) is 33.2 Å². The predicted molar refractivity (Wildman–Crippen MR) is 61.7 cm³/mol. The second kappa shape index (κ2) is 4.55. The molecule has 1 aromatic heterocycles. The van der Waals surface area contributed by atoms with E-state index < -0.39 is 0 Å². The number of aromatic nitrogens is 2. The summed E-state index contributed by atoms with van der Waals surface area (Å²) in [6, 6.07) is 0.417. The zero-order valence-electron chi connectivity index (χ0n) is 9.59. The van der Waals surface area contributed by atoms with Gasteiger partial charge >= 0.3 is 0 Å². The van der Waals surface area contributed by atoms with E-state index in [1.807, 2.05) is 4.90 Å². The Morgan fingerprint density at radius 3 is 3.12 bits per heavy atom. The lowest BCUT2D eigenvalue weighted by Crippen LogP contribution is -2.37. The minimum absolute atomic E-state index is 0.146. The van der Waals surface area contributed by atoms with Crippen molar-refractivity contribution in [1.29, 1.82) is 0 Å². The van der Waals surface area contributed by atoms with Gasteiger partial charge in [0.1, 0.15) is 6.54 Å². The van der Waals surface area contributed by atoms with Crippen molar-refractivity contribution in [3.05, 3.63) is 12.4 Å². The van der Waals surface area contributed by atoms with Gasteiger partial charge in [-0.25, -0.2) is 0 Å². The Hall–Kier alpha value is -1.52. The van der Waals surface area contributed by atoms with Crippen molar-refractivity contribution in [2.75, 3.05) is 12.3 Å². The summed E-state index contributed by atoms with van der Waals surface area (Å²) in [5.41, 5.74) is 6.15. The van der Waals surface area contributed by atoms with E-state index in [1.54, 1.807) is 17.1 Å². The lowest BCUT2D eigenvalue weighted by Gasteiger charge is -2.23. The van der Waals surface area contributed by atoms with Gasteiger partial charge in [-0.3, -0.25) is 9.48 Å². The Balaban J connectivity index is 1.97. The van der Waals surface area contributed by atoms with Gasteiger partial charge in [0.15, 0.2) is 0 Å². The molecule has 1 atom stereocenters. The van der Waals surface area contributed by atoms with E-state index in [2.05, 4.69) is 12.0 Å². The monoisotopic (exact) mass is 222 g/mol. The Labute approximate surface area is 95.2 Å². The summed E-state index contributed by atoms with van der Waals surface area (Å²) >= 11 is 0. The number of likely N-dealkylation sites (tertiary alicyclic amines) is 1. The third-order valence-corrected chi connectivity index (χ3v) is 3.12. The maximum Gasteiger partial charge on any atom is 0.244 e. The van der Waals surface area contributed by atoms with Gasteiger partial charge in [-0.15, -0.1) is 0 Å². The van der Waals surface area contributed by atoms with Crippen LogP contribution in [0.1, 0.15) is 26.2 Å². The van der Waals surface area contributed by atoms with Crippen LogP contribution in [0.5, 0.6) is 0 Å². The number of nitrogens with zero attached hydrogens (tertiary/aromatic N) is 3. The highest BCUT2D eigenvalue weighted by Crippen LogP contribution is 2.20. The quantitative estimate of drug-likeness (QED) is 0.825. The molecule has 2 rings (SSSR count). The van der Waals surface area contributed by atoms with Gasteiger partial charge in [0.2, 0.25) is 5.91 Å². The van der Waals surface area contributed by atoms with E-state index in [0.717, 1.165) is 25.8 Å². The van der Waals surface area contributed by atoms with E-state index in [0.29, 0.717) is 18.3 Å². The van der Waals surface area contributed by atoms with Gasteiger partial charge in [0.25, 0.3) is 0 Å². The molecule has 1 aliphatic rings. The number of carbonyl (C=O) groups excluding carboxylic acids is 1. The van der Waals surface area contributed by atoms with Crippen LogP contribution in [0.25, 0.3) is 0 Å². The van der Waals surface area contributed by atoms with Crippen molar-refractivity contribution in [3.8, 4) is 0 Å². The number of nitrogens with two attached hydrogens (primary N) is 1. The van der Waals surface area contributed by atoms with Crippen LogP contribution in [-0.2, 0) is 11.3 Å². The molecular weight excluding hydrogens is 204 g/mol. The molecule has 16 heavy (non-hydrogen) atoms. The normalized spacial score (nSPS) is 20.3. The van der Waals surface area contributed by atoms with E-state index in [-0.39, 0.29) is 5.91 Å². The van der Waals surface area contributed by atoms with Crippen molar-refractivity contribution in [2.24, 2.45) is 0 Å². The zero-order chi connectivity index (χ0) is 11.5. The maximum absolute atomic E-state index is 12.0. The van der Waals surface area contributed by atoms with Gasteiger partial charge in [0, 0.05) is 18.8 Å². The number of hydrogen-bond acceptors (Lipinski definition) is 3. The Morgan fingerprint density at radius 1 is 1.69 bits per heavy atom. The summed E-state index contributed by atoms with van der Waals surface area (Å²) < 4.78 is 1.60. The molecule has 1 aliphatic heterocycles. The minimum Gasteiger partial charge on any atom is -0.396 e. The molecule has 0 saturated carbocycles. The molecule has 1 saturated heterocycles. The fourth-order valence-corrected chi connectivity index (χ4v) is 2.28. The Kier molecular flexibility index (Phi) is 3.12. The maximum atomic E-state index is 12.0. The van der Waals surface area contributed by atoms with Crippen LogP contribution in [0.3, 0.4) is 0 Å². The number of rotatable bonds is 3. The van der Waals surface area contributed by atoms with Crippen molar-refractivity contribution in [2.45, 2.75) is 38.8 Å². The molecule has 0 spiro atoms. The third kappa shape index (κ3) is 2.18. The van der Waals surface area contributed by atoms with Crippen molar-refractivity contribution in [3.63, 3.8) is 0 Å². The molecule has 5 heteroatoms. The summed E-state index contributed by atoms with van der Waals surface area (Å²) in [6.45, 7) is 3.31. The second-order valence-corrected chi connectivity index (χ2v) is 4.26. The molecule has 1 fully saturated rings. The molecular formula is C11H18N4O. The van der Waals surface area contributed by atoms with Crippen LogP contribution in [0, 0.1) is 0 Å². The SMILES string of the molecule is CCC1CCCN1C(=O)Cn1cc(N)cn1. The molecule has 88 valence electrons. The highest BCUT2D eigenvalue weighted by atomic mass is 16.2. The van der Waals surface area contributed by atoms with Crippen LogP contribution >= 0.6 is 0 Å². The number of anilines is 1. The Bertz CT molecular complexity index is 374. The van der Waals surface area contributed by atoms with Crippen molar-refractivity contribution >= 4 is 11.6 Å². The highest BCUT2D eigenvalue weighted by Gasteiger charge is 2.27. The van der Waals surface area contributed by atoms with E-state index in [1.165, 1.54) is 0 Å². The molecule has 0 radical (unpaired) electrons. The van der Waals surface area contributed by atoms with Gasteiger partial charge in [-0.2, -0.15) is 5.10 Å². The summed E-state index contributed by atoms with van der Waals surface area (Å²) in [5, 5.41) is 4.02. The Morgan fingerprint density at radius 2 is 2.50 bits per heavy atom. The van der Waals surface area contributed by atoms with E-state index in [4.69, 9.17) is 5.73 Å². The molecule has 1 aromatic rings. The number of hydrogen-bond donors (Lipinski definition) is 1. The first-order valence-electron chi connectivity index (χ1n) is 5.78. The summed E-state index contributed by atoms with van der Waals surface area (Å²) in [7, 11) is 0. The predicted octanol–water partition coefficient (Wildman–Crippen LogP) is 0.866. The lowest BCUT2D eigenvalue weighted by molar-refractivity contribution is -0.132. The average molecular weight is 222 g/mol. The van der Waals surface area contributed by atoms with Crippen molar-refractivity contribution in [1.82, 2.24) is 14.7 Å². The fraction of sp³-hybridized carbons (Fsp3) is 0.636. The van der Waals surface area contributed by atoms with Crippen LogP contribution in [0.4, 0.5) is 5.69 Å². The summed E-state index contributed by atoms with van der Waals surface area (Å²) in [4.78, 5) is 14.0. The topological polar surface area (TPSA) is 64.2 Å². The summed E-state index contributed by atoms with van der Waals surface area (Å²) in [5.74, 6) is 0.146. The standard InChI is InChI=1S/C11H18N4O/c1-2-10-4-3-5-15(10)11(16)8-14-7-9(12)6-13-14/h6-7,10H,2-5,8,12H2,1H3. The molecule has 2 N–H and O–H groups in total. The molecule has 0 aromatic carbocycles. The third-order valence-electron chi connectivity index (χ3n) is 3.12. The summed E-state index contributed by atoms with van der Waals surface area (Å²) in [6.07, 6.45) is 6.53. The van der Waals surface area contributed by atoms with Crippen LogP contribution in [0.15, 0.2) is 12.4 Å². The van der Waals surface area contributed by atoms with Crippen LogP contribution in [0.2, 0.25) is 0 Å². The highest BCUT2D eigenvalue weighted by molar-refractivity contribution is 5.76. The lowest BCUT2D eigenvalue weighted by atomic mass is 10.2. The molecule has 5 nitrogen and oxygen atoms in total. The molecule has 2 heterocycles. The minimum atomic E-state index is 0.146. The van der Waals surface area contributed by atoms with Crippen LogP contribution < -0.4 is 5.73 Å². The first-order valence-corrected chi connectivity index (χ1v) is 5.78. The van der Waals surface area contributed by atoms with E-state index >= 15 is 0 Å².